The Bertz CT molecular complexity index is 101. The zero-order chi connectivity index (χ0) is 8.16. The van der Waals surface area contributed by atoms with Crippen LogP contribution in [0.4, 0.5) is 0 Å². The van der Waals surface area contributed by atoms with Crippen LogP contribution in [0, 0.1) is 5.41 Å². The first-order valence-electron chi connectivity index (χ1n) is 4.55. The predicted octanol–water partition coefficient (Wildman–Crippen LogP) is 1.31. The van der Waals surface area contributed by atoms with Crippen LogP contribution in [-0.4, -0.2) is 23.4 Å². The maximum Gasteiger partial charge on any atom is 0.0488 e. The fourth-order valence-electron chi connectivity index (χ4n) is 2.03. The minimum Gasteiger partial charge on any atom is -0.396 e. The number of aliphatic hydroxyl groups is 2. The molecular weight excluding hydrogens is 140 g/mol. The monoisotopic (exact) mass is 158 g/mol. The molecule has 0 spiro atoms. The summed E-state index contributed by atoms with van der Waals surface area (Å²) in [7, 11) is 0. The smallest absolute Gasteiger partial charge is 0.0488 e. The Morgan fingerprint density at radius 2 is 1.64 bits per heavy atom. The lowest BCUT2D eigenvalue weighted by Crippen LogP contribution is -2.29. The van der Waals surface area contributed by atoms with Crippen molar-refractivity contribution >= 4 is 0 Å². The van der Waals surface area contributed by atoms with Crippen molar-refractivity contribution in [3.63, 3.8) is 0 Å². The van der Waals surface area contributed by atoms with Gasteiger partial charge in [0.25, 0.3) is 0 Å². The Morgan fingerprint density at radius 1 is 1.00 bits per heavy atom. The minimum atomic E-state index is 0.0764. The Hall–Kier alpha value is -0.0800. The molecule has 1 rings (SSSR count). The van der Waals surface area contributed by atoms with E-state index in [0.29, 0.717) is 0 Å². The molecule has 0 amide bonds. The first-order valence-corrected chi connectivity index (χ1v) is 4.55. The van der Waals surface area contributed by atoms with Crippen molar-refractivity contribution < 1.29 is 10.2 Å². The Kier molecular flexibility index (Phi) is 3.34. The number of hydrogen-bond acceptors (Lipinski definition) is 2. The molecule has 0 aromatic heterocycles. The van der Waals surface area contributed by atoms with Gasteiger partial charge in [0.15, 0.2) is 0 Å². The number of aliphatic hydroxyl groups excluding tert-OH is 2. The van der Waals surface area contributed by atoms with E-state index in [-0.39, 0.29) is 18.6 Å². The van der Waals surface area contributed by atoms with E-state index in [2.05, 4.69) is 0 Å². The summed E-state index contributed by atoms with van der Waals surface area (Å²) in [5, 5.41) is 18.0. The van der Waals surface area contributed by atoms with E-state index in [1.165, 1.54) is 19.3 Å². The zero-order valence-electron chi connectivity index (χ0n) is 7.05. The van der Waals surface area contributed by atoms with Crippen LogP contribution in [0.3, 0.4) is 0 Å². The van der Waals surface area contributed by atoms with Crippen LogP contribution in [0.2, 0.25) is 0 Å². The van der Waals surface area contributed by atoms with Gasteiger partial charge in [-0.25, -0.2) is 0 Å². The van der Waals surface area contributed by atoms with E-state index in [4.69, 9.17) is 10.2 Å². The van der Waals surface area contributed by atoms with Crippen LogP contribution in [0.1, 0.15) is 38.5 Å². The van der Waals surface area contributed by atoms with Gasteiger partial charge in [0.2, 0.25) is 0 Å². The third kappa shape index (κ3) is 2.17. The molecule has 2 nitrogen and oxygen atoms in total. The van der Waals surface area contributed by atoms with Crippen LogP contribution in [0.5, 0.6) is 0 Å². The molecule has 0 saturated heterocycles. The molecule has 2 heteroatoms. The predicted molar refractivity (Wildman–Crippen MR) is 44.3 cm³/mol. The highest BCUT2D eigenvalue weighted by molar-refractivity contribution is 4.81. The lowest BCUT2D eigenvalue weighted by Gasteiger charge is -2.34. The highest BCUT2D eigenvalue weighted by Crippen LogP contribution is 2.38. The van der Waals surface area contributed by atoms with Gasteiger partial charge in [0.05, 0.1) is 0 Å². The molecule has 0 aromatic carbocycles. The van der Waals surface area contributed by atoms with E-state index in [1.807, 2.05) is 0 Å². The molecule has 1 saturated carbocycles. The summed E-state index contributed by atoms with van der Waals surface area (Å²) in [5.74, 6) is 0. The van der Waals surface area contributed by atoms with E-state index in [1.54, 1.807) is 0 Å². The van der Waals surface area contributed by atoms with Crippen LogP contribution in [-0.2, 0) is 0 Å². The molecule has 2 N–H and O–H groups in total. The van der Waals surface area contributed by atoms with Gasteiger partial charge in [-0.05, 0) is 24.7 Å². The molecule has 1 fully saturated rings. The topological polar surface area (TPSA) is 40.5 Å². The fourth-order valence-corrected chi connectivity index (χ4v) is 2.03. The maximum absolute atomic E-state index is 9.16. The molecule has 0 atom stereocenters. The van der Waals surface area contributed by atoms with Gasteiger partial charge in [-0.15, -0.1) is 0 Å². The molecule has 0 heterocycles. The minimum absolute atomic E-state index is 0.0764. The van der Waals surface area contributed by atoms with E-state index in [9.17, 15) is 0 Å². The first kappa shape index (κ1) is 9.01. The van der Waals surface area contributed by atoms with Crippen LogP contribution in [0.25, 0.3) is 0 Å². The van der Waals surface area contributed by atoms with Gasteiger partial charge in [-0.1, -0.05) is 19.3 Å². The highest BCUT2D eigenvalue weighted by Gasteiger charge is 2.30. The van der Waals surface area contributed by atoms with Gasteiger partial charge in [0, 0.05) is 13.2 Å². The van der Waals surface area contributed by atoms with E-state index >= 15 is 0 Å². The Labute approximate surface area is 68.2 Å². The van der Waals surface area contributed by atoms with Crippen molar-refractivity contribution in [2.75, 3.05) is 13.2 Å². The number of hydrogen-bond donors (Lipinski definition) is 2. The molecule has 0 bridgehead atoms. The van der Waals surface area contributed by atoms with Gasteiger partial charge in [0.1, 0.15) is 0 Å². The van der Waals surface area contributed by atoms with Crippen LogP contribution < -0.4 is 0 Å². The standard InChI is InChI=1S/C9H18O2/c10-7-6-9(8-11)4-2-1-3-5-9/h10-11H,1-8H2. The summed E-state index contributed by atoms with van der Waals surface area (Å²) >= 11 is 0. The average molecular weight is 158 g/mol. The molecule has 0 aromatic rings. The Morgan fingerprint density at radius 3 is 2.09 bits per heavy atom. The molecule has 66 valence electrons. The van der Waals surface area contributed by atoms with Crippen molar-refractivity contribution in [2.45, 2.75) is 38.5 Å². The molecule has 1 aliphatic carbocycles. The average Bonchev–Trinajstić information content (AvgIpc) is 2.07. The largest absolute Gasteiger partial charge is 0.396 e. The highest BCUT2D eigenvalue weighted by atomic mass is 16.3. The summed E-state index contributed by atoms with van der Waals surface area (Å²) < 4.78 is 0. The van der Waals surface area contributed by atoms with Crippen molar-refractivity contribution in [3.8, 4) is 0 Å². The Balaban J connectivity index is 2.42. The molecule has 11 heavy (non-hydrogen) atoms. The van der Waals surface area contributed by atoms with Crippen LogP contribution in [0.15, 0.2) is 0 Å². The summed E-state index contributed by atoms with van der Waals surface area (Å²) in [6.07, 6.45) is 6.73. The second-order valence-electron chi connectivity index (χ2n) is 3.69. The summed E-state index contributed by atoms with van der Waals surface area (Å²) in [4.78, 5) is 0. The lowest BCUT2D eigenvalue weighted by atomic mass is 9.73. The van der Waals surface area contributed by atoms with Gasteiger partial charge >= 0.3 is 0 Å². The molecule has 1 aliphatic rings. The SMILES string of the molecule is OCCC1(CO)CCCCC1. The van der Waals surface area contributed by atoms with Crippen LogP contribution >= 0.6 is 0 Å². The summed E-state index contributed by atoms with van der Waals surface area (Å²) in [6.45, 7) is 0.480. The summed E-state index contributed by atoms with van der Waals surface area (Å²) in [5.41, 5.74) is 0.0764. The van der Waals surface area contributed by atoms with Crippen molar-refractivity contribution in [1.82, 2.24) is 0 Å². The number of rotatable bonds is 3. The normalized spacial score (nSPS) is 23.5. The van der Waals surface area contributed by atoms with Gasteiger partial charge < -0.3 is 10.2 Å². The molecular formula is C9H18O2. The quantitative estimate of drug-likeness (QED) is 0.650. The van der Waals surface area contributed by atoms with Crippen molar-refractivity contribution in [3.05, 3.63) is 0 Å². The molecule has 0 unspecified atom stereocenters. The van der Waals surface area contributed by atoms with E-state index in [0.717, 1.165) is 19.3 Å². The van der Waals surface area contributed by atoms with Crippen molar-refractivity contribution in [1.29, 1.82) is 0 Å². The first-order chi connectivity index (χ1) is 5.33. The third-order valence-electron chi connectivity index (χ3n) is 2.89. The summed E-state index contributed by atoms with van der Waals surface area (Å²) in [6, 6.07) is 0. The fraction of sp³-hybridized carbons (Fsp3) is 1.00. The zero-order valence-corrected chi connectivity index (χ0v) is 7.05. The van der Waals surface area contributed by atoms with E-state index < -0.39 is 0 Å². The molecule has 0 aliphatic heterocycles. The van der Waals surface area contributed by atoms with Crippen molar-refractivity contribution in [2.24, 2.45) is 5.41 Å². The lowest BCUT2D eigenvalue weighted by molar-refractivity contribution is 0.0548. The third-order valence-corrected chi connectivity index (χ3v) is 2.89. The van der Waals surface area contributed by atoms with Gasteiger partial charge in [-0.3, -0.25) is 0 Å². The maximum atomic E-state index is 9.16. The second-order valence-corrected chi connectivity index (χ2v) is 3.69. The molecule has 0 radical (unpaired) electrons. The second kappa shape index (κ2) is 4.07. The van der Waals surface area contributed by atoms with Gasteiger partial charge in [-0.2, -0.15) is 0 Å².